The van der Waals surface area contributed by atoms with Gasteiger partial charge in [-0.15, -0.1) is 11.3 Å². The van der Waals surface area contributed by atoms with Crippen molar-refractivity contribution in [2.45, 2.75) is 13.8 Å². The van der Waals surface area contributed by atoms with E-state index in [2.05, 4.69) is 15.3 Å². The van der Waals surface area contributed by atoms with Gasteiger partial charge in [-0.2, -0.15) is 0 Å². The van der Waals surface area contributed by atoms with Gasteiger partial charge in [-0.25, -0.2) is 14.4 Å². The van der Waals surface area contributed by atoms with Gasteiger partial charge in [-0.1, -0.05) is 0 Å². The number of aryl methyl sites for hydroxylation is 2. The molecule has 0 saturated heterocycles. The van der Waals surface area contributed by atoms with Crippen molar-refractivity contribution >= 4 is 22.4 Å². The molecule has 0 saturated carbocycles. The van der Waals surface area contributed by atoms with Crippen LogP contribution in [-0.4, -0.2) is 15.9 Å². The molecule has 2 heterocycles. The summed E-state index contributed by atoms with van der Waals surface area (Å²) in [4.78, 5) is 20.4. The Kier molecular flexibility index (Phi) is 3.14. The van der Waals surface area contributed by atoms with Gasteiger partial charge in [-0.3, -0.25) is 10.1 Å². The first-order valence-electron chi connectivity index (χ1n) is 4.92. The van der Waals surface area contributed by atoms with Crippen LogP contribution in [0.5, 0.6) is 0 Å². The lowest BCUT2D eigenvalue weighted by atomic mass is 10.2. The molecule has 0 atom stereocenters. The van der Waals surface area contributed by atoms with E-state index < -0.39 is 11.7 Å². The van der Waals surface area contributed by atoms with E-state index in [9.17, 15) is 9.18 Å². The van der Waals surface area contributed by atoms with Crippen LogP contribution < -0.4 is 5.32 Å². The van der Waals surface area contributed by atoms with Crippen LogP contribution in [-0.2, 0) is 0 Å². The summed E-state index contributed by atoms with van der Waals surface area (Å²) in [5.74, 6) is -1.22. The highest BCUT2D eigenvalue weighted by atomic mass is 32.1. The molecule has 17 heavy (non-hydrogen) atoms. The monoisotopic (exact) mass is 251 g/mol. The molecule has 0 aliphatic carbocycles. The zero-order valence-electron chi connectivity index (χ0n) is 9.32. The number of pyridine rings is 1. The Morgan fingerprint density at radius 1 is 1.35 bits per heavy atom. The number of carbonyl (C=O) groups excluding carboxylic acids is 1. The van der Waals surface area contributed by atoms with Crippen molar-refractivity contribution in [3.05, 3.63) is 40.4 Å². The van der Waals surface area contributed by atoms with Crippen molar-refractivity contribution in [1.29, 1.82) is 0 Å². The number of nitrogens with zero attached hydrogens (tertiary/aromatic N) is 2. The van der Waals surface area contributed by atoms with Gasteiger partial charge in [0.25, 0.3) is 5.91 Å². The van der Waals surface area contributed by atoms with Crippen LogP contribution >= 0.6 is 11.3 Å². The SMILES string of the molecule is Cc1cnc(C(=O)Nc2ncc(C)s2)c(F)c1. The Hall–Kier alpha value is -1.82. The third kappa shape index (κ3) is 2.65. The number of rotatable bonds is 2. The molecule has 0 aliphatic rings. The fraction of sp³-hybridized carbons (Fsp3) is 0.182. The van der Waals surface area contributed by atoms with Gasteiger partial charge in [0.05, 0.1) is 0 Å². The minimum atomic E-state index is -0.629. The van der Waals surface area contributed by atoms with Gasteiger partial charge in [-0.05, 0) is 25.5 Å². The van der Waals surface area contributed by atoms with Crippen molar-refractivity contribution < 1.29 is 9.18 Å². The number of amides is 1. The van der Waals surface area contributed by atoms with Gasteiger partial charge >= 0.3 is 0 Å². The second kappa shape index (κ2) is 4.58. The molecule has 0 aliphatic heterocycles. The van der Waals surface area contributed by atoms with E-state index in [0.717, 1.165) is 4.88 Å². The summed E-state index contributed by atoms with van der Waals surface area (Å²) in [5.41, 5.74) is 0.451. The molecular weight excluding hydrogens is 241 g/mol. The summed E-state index contributed by atoms with van der Waals surface area (Å²) in [7, 11) is 0. The van der Waals surface area contributed by atoms with Gasteiger partial charge in [0.2, 0.25) is 0 Å². The van der Waals surface area contributed by atoms with Gasteiger partial charge in [0.1, 0.15) is 0 Å². The van der Waals surface area contributed by atoms with Crippen molar-refractivity contribution in [3.63, 3.8) is 0 Å². The highest BCUT2D eigenvalue weighted by Crippen LogP contribution is 2.17. The second-order valence-corrected chi connectivity index (χ2v) is 4.81. The highest BCUT2D eigenvalue weighted by molar-refractivity contribution is 7.15. The van der Waals surface area contributed by atoms with E-state index in [1.807, 2.05) is 6.92 Å². The zero-order valence-corrected chi connectivity index (χ0v) is 10.1. The third-order valence-corrected chi connectivity index (χ3v) is 2.86. The maximum absolute atomic E-state index is 13.5. The maximum atomic E-state index is 13.5. The number of halogens is 1. The Balaban J connectivity index is 2.20. The van der Waals surface area contributed by atoms with Crippen molar-refractivity contribution in [2.24, 2.45) is 0 Å². The van der Waals surface area contributed by atoms with Crippen LogP contribution in [0.4, 0.5) is 9.52 Å². The average molecular weight is 251 g/mol. The Bertz CT molecular complexity index is 568. The van der Waals surface area contributed by atoms with Gasteiger partial charge in [0.15, 0.2) is 16.6 Å². The highest BCUT2D eigenvalue weighted by Gasteiger charge is 2.14. The fourth-order valence-electron chi connectivity index (χ4n) is 1.27. The number of aromatic nitrogens is 2. The van der Waals surface area contributed by atoms with E-state index in [1.165, 1.54) is 23.6 Å². The molecule has 2 rings (SSSR count). The Morgan fingerprint density at radius 2 is 2.12 bits per heavy atom. The van der Waals surface area contributed by atoms with Crippen LogP contribution in [0, 0.1) is 19.7 Å². The first kappa shape index (κ1) is 11.7. The van der Waals surface area contributed by atoms with Crippen LogP contribution in [0.1, 0.15) is 20.9 Å². The average Bonchev–Trinajstić information content (AvgIpc) is 2.63. The first-order chi connectivity index (χ1) is 8.06. The number of thiazole rings is 1. The Morgan fingerprint density at radius 3 is 2.71 bits per heavy atom. The minimum Gasteiger partial charge on any atom is -0.296 e. The van der Waals surface area contributed by atoms with E-state index in [-0.39, 0.29) is 5.69 Å². The largest absolute Gasteiger partial charge is 0.296 e. The molecule has 88 valence electrons. The predicted molar refractivity (Wildman–Crippen MR) is 63.7 cm³/mol. The number of hydrogen-bond donors (Lipinski definition) is 1. The predicted octanol–water partition coefficient (Wildman–Crippen LogP) is 2.55. The molecule has 4 nitrogen and oxygen atoms in total. The molecule has 0 aromatic carbocycles. The summed E-state index contributed by atoms with van der Waals surface area (Å²) < 4.78 is 13.5. The third-order valence-electron chi connectivity index (χ3n) is 2.03. The molecule has 0 spiro atoms. The van der Waals surface area contributed by atoms with E-state index >= 15 is 0 Å². The number of nitrogens with one attached hydrogen (secondary N) is 1. The minimum absolute atomic E-state index is 0.219. The van der Waals surface area contributed by atoms with E-state index in [0.29, 0.717) is 10.7 Å². The quantitative estimate of drug-likeness (QED) is 0.892. The molecule has 2 aromatic heterocycles. The van der Waals surface area contributed by atoms with E-state index in [1.54, 1.807) is 13.1 Å². The standard InChI is InChI=1S/C11H10FN3OS/c1-6-3-8(12)9(13-4-6)10(16)15-11-14-5-7(2)17-11/h3-5H,1-2H3,(H,14,15,16). The van der Waals surface area contributed by atoms with E-state index in [4.69, 9.17) is 0 Å². The molecule has 0 fully saturated rings. The zero-order chi connectivity index (χ0) is 12.4. The summed E-state index contributed by atoms with van der Waals surface area (Å²) in [5, 5.41) is 2.94. The lowest BCUT2D eigenvalue weighted by molar-refractivity contribution is 0.101. The first-order valence-corrected chi connectivity index (χ1v) is 5.74. The smallest absolute Gasteiger partial charge is 0.279 e. The lowest BCUT2D eigenvalue weighted by Crippen LogP contribution is -2.15. The summed E-state index contributed by atoms with van der Waals surface area (Å²) in [6.07, 6.45) is 3.09. The van der Waals surface area contributed by atoms with Crippen LogP contribution in [0.2, 0.25) is 0 Å². The molecule has 0 radical (unpaired) electrons. The Labute approximate surface area is 102 Å². The van der Waals surface area contributed by atoms with Crippen LogP contribution in [0.3, 0.4) is 0 Å². The molecule has 1 amide bonds. The number of anilines is 1. The normalized spacial score (nSPS) is 10.3. The van der Waals surface area contributed by atoms with Crippen LogP contribution in [0.25, 0.3) is 0 Å². The topological polar surface area (TPSA) is 54.9 Å². The van der Waals surface area contributed by atoms with Crippen LogP contribution in [0.15, 0.2) is 18.5 Å². The maximum Gasteiger partial charge on any atom is 0.279 e. The molecule has 0 unspecified atom stereocenters. The van der Waals surface area contributed by atoms with Crippen molar-refractivity contribution in [1.82, 2.24) is 9.97 Å². The van der Waals surface area contributed by atoms with Gasteiger partial charge < -0.3 is 0 Å². The number of carbonyl (C=O) groups is 1. The van der Waals surface area contributed by atoms with Crippen molar-refractivity contribution in [2.75, 3.05) is 5.32 Å². The molecule has 2 aromatic rings. The molecule has 1 N–H and O–H groups in total. The summed E-state index contributed by atoms with van der Waals surface area (Å²) in [6, 6.07) is 1.27. The van der Waals surface area contributed by atoms with Gasteiger partial charge in [0, 0.05) is 17.3 Å². The molecule has 0 bridgehead atoms. The van der Waals surface area contributed by atoms with Crippen molar-refractivity contribution in [3.8, 4) is 0 Å². The second-order valence-electron chi connectivity index (χ2n) is 3.57. The molecular formula is C11H10FN3OS. The molecule has 6 heteroatoms. The fourth-order valence-corrected chi connectivity index (χ4v) is 1.93. The number of hydrogen-bond acceptors (Lipinski definition) is 4. The summed E-state index contributed by atoms with van der Waals surface area (Å²) >= 11 is 1.33. The summed E-state index contributed by atoms with van der Waals surface area (Å²) in [6.45, 7) is 3.58. The lowest BCUT2D eigenvalue weighted by Gasteiger charge is -2.02.